The van der Waals surface area contributed by atoms with E-state index in [0.29, 0.717) is 5.82 Å². The Morgan fingerprint density at radius 1 is 1.42 bits per heavy atom. The molecule has 0 saturated carbocycles. The Hall–Kier alpha value is -2.37. The van der Waals surface area contributed by atoms with Crippen molar-refractivity contribution in [2.45, 2.75) is 19.9 Å². The quantitative estimate of drug-likeness (QED) is 0.894. The zero-order valence-corrected chi connectivity index (χ0v) is 10.6. The van der Waals surface area contributed by atoms with E-state index in [1.807, 2.05) is 13.8 Å². The third-order valence-electron chi connectivity index (χ3n) is 2.62. The summed E-state index contributed by atoms with van der Waals surface area (Å²) in [6, 6.07) is 5.38. The number of anilines is 1. The fraction of sp³-hybridized carbons (Fsp3) is 0.231. The van der Waals surface area contributed by atoms with Crippen molar-refractivity contribution in [2.75, 3.05) is 5.32 Å². The van der Waals surface area contributed by atoms with Crippen molar-refractivity contribution in [3.63, 3.8) is 0 Å². The average Bonchev–Trinajstić information content (AvgIpc) is 2.76. The first kappa shape index (κ1) is 13.1. The number of phenolic OH excluding ortho intramolecular Hbond substituents is 1. The van der Waals surface area contributed by atoms with Gasteiger partial charge in [-0.2, -0.15) is 5.10 Å². The van der Waals surface area contributed by atoms with Gasteiger partial charge in [0.25, 0.3) is 5.91 Å². The van der Waals surface area contributed by atoms with E-state index in [9.17, 15) is 14.3 Å². The van der Waals surface area contributed by atoms with Gasteiger partial charge >= 0.3 is 0 Å². The fourth-order valence-electron chi connectivity index (χ4n) is 1.74. The number of nitrogens with zero attached hydrogens (tertiary/aromatic N) is 2. The van der Waals surface area contributed by atoms with Gasteiger partial charge in [-0.15, -0.1) is 0 Å². The number of nitrogens with one attached hydrogen (secondary N) is 1. The van der Waals surface area contributed by atoms with Crippen LogP contribution in [0, 0.1) is 5.82 Å². The SMILES string of the molecule is CC(C)n1nccc1NC(=O)c1c(O)cccc1F. The summed E-state index contributed by atoms with van der Waals surface area (Å²) in [6.45, 7) is 3.81. The van der Waals surface area contributed by atoms with E-state index in [1.54, 1.807) is 10.7 Å². The minimum atomic E-state index is -0.770. The summed E-state index contributed by atoms with van der Waals surface area (Å²) >= 11 is 0. The number of hydrogen-bond donors (Lipinski definition) is 2. The van der Waals surface area contributed by atoms with E-state index in [2.05, 4.69) is 10.4 Å². The molecule has 1 amide bonds. The molecular weight excluding hydrogens is 249 g/mol. The molecule has 100 valence electrons. The Morgan fingerprint density at radius 2 is 2.16 bits per heavy atom. The number of carbonyl (C=O) groups excluding carboxylic acids is 1. The molecule has 0 aliphatic rings. The number of aromatic nitrogens is 2. The number of aromatic hydroxyl groups is 1. The highest BCUT2D eigenvalue weighted by atomic mass is 19.1. The molecule has 6 heteroatoms. The Balaban J connectivity index is 2.29. The maximum atomic E-state index is 13.5. The lowest BCUT2D eigenvalue weighted by Gasteiger charge is -2.12. The van der Waals surface area contributed by atoms with Gasteiger partial charge in [0.15, 0.2) is 0 Å². The first-order valence-corrected chi connectivity index (χ1v) is 5.83. The highest BCUT2D eigenvalue weighted by Crippen LogP contribution is 2.22. The van der Waals surface area contributed by atoms with Crippen LogP contribution in [0.2, 0.25) is 0 Å². The van der Waals surface area contributed by atoms with Crippen molar-refractivity contribution >= 4 is 11.7 Å². The summed E-state index contributed by atoms with van der Waals surface area (Å²) in [7, 11) is 0. The smallest absolute Gasteiger partial charge is 0.263 e. The topological polar surface area (TPSA) is 67.2 Å². The Labute approximate surface area is 109 Å². The molecule has 0 fully saturated rings. The van der Waals surface area contributed by atoms with Crippen LogP contribution in [0.1, 0.15) is 30.2 Å². The molecule has 0 aliphatic carbocycles. The van der Waals surface area contributed by atoms with Crippen molar-refractivity contribution in [2.24, 2.45) is 0 Å². The monoisotopic (exact) mass is 263 g/mol. The highest BCUT2D eigenvalue weighted by Gasteiger charge is 2.18. The molecule has 0 radical (unpaired) electrons. The number of phenols is 1. The number of amides is 1. The van der Waals surface area contributed by atoms with Gasteiger partial charge in [-0.25, -0.2) is 9.07 Å². The molecule has 1 aromatic heterocycles. The van der Waals surface area contributed by atoms with Gasteiger partial charge in [0, 0.05) is 12.1 Å². The molecule has 2 rings (SSSR count). The van der Waals surface area contributed by atoms with Gasteiger partial charge in [0.2, 0.25) is 0 Å². The minimum Gasteiger partial charge on any atom is -0.507 e. The number of carbonyl (C=O) groups is 1. The second-order valence-electron chi connectivity index (χ2n) is 4.34. The molecule has 0 saturated heterocycles. The zero-order chi connectivity index (χ0) is 14.0. The maximum absolute atomic E-state index is 13.5. The van der Waals surface area contributed by atoms with Gasteiger partial charge in [0.1, 0.15) is 22.9 Å². The van der Waals surface area contributed by atoms with Crippen LogP contribution in [-0.4, -0.2) is 20.8 Å². The molecule has 0 aliphatic heterocycles. The van der Waals surface area contributed by atoms with Crippen LogP contribution in [0.4, 0.5) is 10.2 Å². The van der Waals surface area contributed by atoms with Gasteiger partial charge in [0.05, 0.1) is 6.20 Å². The molecule has 0 atom stereocenters. The number of rotatable bonds is 3. The molecule has 2 N–H and O–H groups in total. The maximum Gasteiger partial charge on any atom is 0.263 e. The summed E-state index contributed by atoms with van der Waals surface area (Å²) < 4.78 is 15.1. The van der Waals surface area contributed by atoms with Crippen LogP contribution in [-0.2, 0) is 0 Å². The lowest BCUT2D eigenvalue weighted by molar-refractivity contribution is 0.101. The molecule has 0 unspecified atom stereocenters. The lowest BCUT2D eigenvalue weighted by Crippen LogP contribution is -2.18. The van der Waals surface area contributed by atoms with Gasteiger partial charge in [-0.3, -0.25) is 4.79 Å². The lowest BCUT2D eigenvalue weighted by atomic mass is 10.1. The summed E-state index contributed by atoms with van der Waals surface area (Å²) in [5, 5.41) is 16.1. The van der Waals surface area contributed by atoms with E-state index >= 15 is 0 Å². The number of halogens is 1. The van der Waals surface area contributed by atoms with Gasteiger partial charge in [-0.1, -0.05) is 6.07 Å². The third-order valence-corrected chi connectivity index (χ3v) is 2.62. The van der Waals surface area contributed by atoms with E-state index in [1.165, 1.54) is 18.3 Å². The van der Waals surface area contributed by atoms with Crippen molar-refractivity contribution in [1.82, 2.24) is 9.78 Å². The standard InChI is InChI=1S/C13H14FN3O2/c1-8(2)17-11(6-7-15-17)16-13(19)12-9(14)4-3-5-10(12)18/h3-8,18H,1-2H3,(H,16,19). The first-order chi connectivity index (χ1) is 9.00. The summed E-state index contributed by atoms with van der Waals surface area (Å²) in [6.07, 6.45) is 1.54. The Morgan fingerprint density at radius 3 is 2.79 bits per heavy atom. The second kappa shape index (κ2) is 5.09. The first-order valence-electron chi connectivity index (χ1n) is 5.83. The van der Waals surface area contributed by atoms with E-state index in [4.69, 9.17) is 0 Å². The normalized spacial score (nSPS) is 10.7. The Bertz CT molecular complexity index is 587. The largest absolute Gasteiger partial charge is 0.507 e. The van der Waals surface area contributed by atoms with Gasteiger partial charge in [-0.05, 0) is 26.0 Å². The van der Waals surface area contributed by atoms with Crippen molar-refractivity contribution in [1.29, 1.82) is 0 Å². The Kier molecular flexibility index (Phi) is 3.50. The molecule has 5 nitrogen and oxygen atoms in total. The second-order valence-corrected chi connectivity index (χ2v) is 4.34. The van der Waals surface area contributed by atoms with Crippen LogP contribution in [0.3, 0.4) is 0 Å². The molecule has 1 heterocycles. The predicted octanol–water partition coefficient (Wildman–Crippen LogP) is 2.56. The molecule has 19 heavy (non-hydrogen) atoms. The molecule has 1 aromatic carbocycles. The van der Waals surface area contributed by atoms with Crippen LogP contribution < -0.4 is 5.32 Å². The van der Waals surface area contributed by atoms with E-state index in [-0.39, 0.29) is 11.6 Å². The number of benzene rings is 1. The van der Waals surface area contributed by atoms with Gasteiger partial charge < -0.3 is 10.4 Å². The van der Waals surface area contributed by atoms with Crippen molar-refractivity contribution in [3.8, 4) is 5.75 Å². The number of hydrogen-bond acceptors (Lipinski definition) is 3. The van der Waals surface area contributed by atoms with Crippen molar-refractivity contribution in [3.05, 3.63) is 41.8 Å². The fourth-order valence-corrected chi connectivity index (χ4v) is 1.74. The van der Waals surface area contributed by atoms with Crippen molar-refractivity contribution < 1.29 is 14.3 Å². The summed E-state index contributed by atoms with van der Waals surface area (Å²) in [5.74, 6) is -1.43. The van der Waals surface area contributed by atoms with E-state index < -0.39 is 17.5 Å². The van der Waals surface area contributed by atoms with E-state index in [0.717, 1.165) is 6.07 Å². The summed E-state index contributed by atoms with van der Waals surface area (Å²) in [5.41, 5.74) is -0.376. The average molecular weight is 263 g/mol. The highest BCUT2D eigenvalue weighted by molar-refractivity contribution is 6.05. The summed E-state index contributed by atoms with van der Waals surface area (Å²) in [4.78, 5) is 12.0. The molecule has 0 bridgehead atoms. The zero-order valence-electron chi connectivity index (χ0n) is 10.6. The van der Waals surface area contributed by atoms with Crippen LogP contribution in [0.5, 0.6) is 5.75 Å². The van der Waals surface area contributed by atoms with Crippen LogP contribution in [0.25, 0.3) is 0 Å². The molecular formula is C13H14FN3O2. The minimum absolute atomic E-state index is 0.0551. The third kappa shape index (κ3) is 2.57. The van der Waals surface area contributed by atoms with Crippen LogP contribution >= 0.6 is 0 Å². The van der Waals surface area contributed by atoms with Crippen LogP contribution in [0.15, 0.2) is 30.5 Å². The molecule has 2 aromatic rings. The predicted molar refractivity (Wildman–Crippen MR) is 68.6 cm³/mol. The molecule has 0 spiro atoms.